The van der Waals surface area contributed by atoms with Gasteiger partial charge < -0.3 is 4.57 Å². The zero-order chi connectivity index (χ0) is 18.2. The summed E-state index contributed by atoms with van der Waals surface area (Å²) in [5.41, 5.74) is 1.66. The number of nitrogens with zero attached hydrogens (tertiary/aromatic N) is 4. The van der Waals surface area contributed by atoms with Gasteiger partial charge in [-0.2, -0.15) is 5.26 Å². The summed E-state index contributed by atoms with van der Waals surface area (Å²) in [6.07, 6.45) is 2.12. The third-order valence-electron chi connectivity index (χ3n) is 3.96. The molecule has 0 aliphatic rings. The summed E-state index contributed by atoms with van der Waals surface area (Å²) in [4.78, 5) is 0. The molecule has 3 rings (SSSR count). The molecular weight excluding hydrogens is 347 g/mol. The molecule has 0 aliphatic heterocycles. The molecule has 0 N–H and O–H groups in total. The molecule has 0 fully saturated rings. The normalized spacial score (nSPS) is 10.6. The van der Waals surface area contributed by atoms with Gasteiger partial charge in [0.25, 0.3) is 0 Å². The second-order valence-electron chi connectivity index (χ2n) is 5.78. The number of hydrogen-bond acceptors (Lipinski definition) is 4. The van der Waals surface area contributed by atoms with Crippen molar-refractivity contribution in [1.82, 2.24) is 14.8 Å². The molecule has 3 aromatic rings. The summed E-state index contributed by atoms with van der Waals surface area (Å²) in [6.45, 7) is 0.668. The van der Waals surface area contributed by atoms with Gasteiger partial charge in [-0.05, 0) is 30.5 Å². The molecule has 26 heavy (non-hydrogen) atoms. The van der Waals surface area contributed by atoms with Crippen LogP contribution in [0.3, 0.4) is 0 Å². The highest BCUT2D eigenvalue weighted by molar-refractivity contribution is 7.99. The highest BCUT2D eigenvalue weighted by Crippen LogP contribution is 2.26. The molecule has 0 bridgehead atoms. The largest absolute Gasteiger partial charge is 0.302 e. The number of aryl methyl sites for hydroxylation is 1. The first-order chi connectivity index (χ1) is 12.8. The van der Waals surface area contributed by atoms with E-state index in [1.54, 1.807) is 30.0 Å². The number of benzene rings is 2. The lowest BCUT2D eigenvalue weighted by molar-refractivity contribution is 0.616. The number of halogens is 1. The number of aromatic nitrogens is 3. The van der Waals surface area contributed by atoms with Crippen molar-refractivity contribution in [2.24, 2.45) is 0 Å². The number of hydrogen-bond donors (Lipinski definition) is 0. The van der Waals surface area contributed by atoms with Crippen LogP contribution in [0, 0.1) is 17.1 Å². The number of thioether (sulfide) groups is 1. The van der Waals surface area contributed by atoms with Crippen LogP contribution >= 0.6 is 11.8 Å². The summed E-state index contributed by atoms with van der Waals surface area (Å²) in [6, 6.07) is 18.9. The van der Waals surface area contributed by atoms with Gasteiger partial charge in [-0.3, -0.25) is 0 Å². The SMILES string of the molecule is N#CCCCSc1nnc(-c2ccccc2F)n1CCc1ccccc1. The third-order valence-corrected chi connectivity index (χ3v) is 5.02. The molecule has 0 unspecified atom stereocenters. The fraction of sp³-hybridized carbons (Fsp3) is 0.250. The van der Waals surface area contributed by atoms with Crippen LogP contribution in [-0.2, 0) is 13.0 Å². The molecule has 2 aromatic carbocycles. The Morgan fingerprint density at radius 3 is 2.58 bits per heavy atom. The Balaban J connectivity index is 1.85. The highest BCUT2D eigenvalue weighted by atomic mass is 32.2. The van der Waals surface area contributed by atoms with Crippen LogP contribution in [0.5, 0.6) is 0 Å². The third kappa shape index (κ3) is 4.50. The van der Waals surface area contributed by atoms with E-state index in [2.05, 4.69) is 28.4 Å². The Morgan fingerprint density at radius 2 is 1.81 bits per heavy atom. The van der Waals surface area contributed by atoms with E-state index in [4.69, 9.17) is 5.26 Å². The Kier molecular flexibility index (Phi) is 6.39. The molecule has 0 radical (unpaired) electrons. The first kappa shape index (κ1) is 18.2. The van der Waals surface area contributed by atoms with E-state index in [1.807, 2.05) is 22.8 Å². The van der Waals surface area contributed by atoms with Gasteiger partial charge in [-0.1, -0.05) is 54.2 Å². The van der Waals surface area contributed by atoms with Crippen LogP contribution in [0.15, 0.2) is 59.8 Å². The average molecular weight is 366 g/mol. The first-order valence-electron chi connectivity index (χ1n) is 8.51. The van der Waals surface area contributed by atoms with Crippen molar-refractivity contribution in [3.05, 3.63) is 66.0 Å². The molecule has 1 heterocycles. The molecule has 1 aromatic heterocycles. The predicted octanol–water partition coefficient (Wildman–Crippen LogP) is 4.72. The predicted molar refractivity (Wildman–Crippen MR) is 101 cm³/mol. The van der Waals surface area contributed by atoms with Gasteiger partial charge >= 0.3 is 0 Å². The second kappa shape index (κ2) is 9.16. The van der Waals surface area contributed by atoms with Crippen LogP contribution in [0.1, 0.15) is 18.4 Å². The molecular formula is C20H19FN4S. The summed E-state index contributed by atoms with van der Waals surface area (Å²) >= 11 is 1.56. The van der Waals surface area contributed by atoms with E-state index in [9.17, 15) is 4.39 Å². The van der Waals surface area contributed by atoms with Crippen molar-refractivity contribution in [1.29, 1.82) is 5.26 Å². The van der Waals surface area contributed by atoms with Crippen LogP contribution < -0.4 is 0 Å². The first-order valence-corrected chi connectivity index (χ1v) is 9.50. The molecule has 0 aliphatic carbocycles. The minimum Gasteiger partial charge on any atom is -0.302 e. The fourth-order valence-corrected chi connectivity index (χ4v) is 3.54. The fourth-order valence-electron chi connectivity index (χ4n) is 2.64. The summed E-state index contributed by atoms with van der Waals surface area (Å²) in [7, 11) is 0. The quantitative estimate of drug-likeness (QED) is 0.427. The number of unbranched alkanes of at least 4 members (excludes halogenated alkanes) is 1. The van der Waals surface area contributed by atoms with Crippen molar-refractivity contribution in [3.63, 3.8) is 0 Å². The van der Waals surface area contributed by atoms with Crippen molar-refractivity contribution in [2.45, 2.75) is 31.0 Å². The Bertz CT molecular complexity index is 886. The molecule has 0 saturated carbocycles. The summed E-state index contributed by atoms with van der Waals surface area (Å²) in [5, 5.41) is 18.0. The van der Waals surface area contributed by atoms with E-state index in [-0.39, 0.29) is 5.82 Å². The van der Waals surface area contributed by atoms with Gasteiger partial charge in [0.1, 0.15) is 5.82 Å². The van der Waals surface area contributed by atoms with Crippen molar-refractivity contribution < 1.29 is 4.39 Å². The number of nitriles is 1. The minimum absolute atomic E-state index is 0.304. The molecule has 0 amide bonds. The topological polar surface area (TPSA) is 54.5 Å². The van der Waals surface area contributed by atoms with Gasteiger partial charge in [0.2, 0.25) is 0 Å². The van der Waals surface area contributed by atoms with Gasteiger partial charge in [-0.15, -0.1) is 10.2 Å². The maximum absolute atomic E-state index is 14.3. The summed E-state index contributed by atoms with van der Waals surface area (Å²) < 4.78 is 16.2. The van der Waals surface area contributed by atoms with E-state index in [1.165, 1.54) is 11.6 Å². The molecule has 4 nitrogen and oxygen atoms in total. The molecule has 132 valence electrons. The smallest absolute Gasteiger partial charge is 0.191 e. The Hall–Kier alpha value is -2.65. The van der Waals surface area contributed by atoms with Gasteiger partial charge in [0.15, 0.2) is 11.0 Å². The highest BCUT2D eigenvalue weighted by Gasteiger charge is 2.17. The van der Waals surface area contributed by atoms with Gasteiger partial charge in [0.05, 0.1) is 11.6 Å². The Labute approximate surface area is 156 Å². The lowest BCUT2D eigenvalue weighted by atomic mass is 10.1. The standard InChI is InChI=1S/C20H19FN4S/c21-18-11-5-4-10-17(18)19-23-24-20(26-15-7-6-13-22)25(19)14-12-16-8-2-1-3-9-16/h1-5,8-11H,6-7,12,14-15H2. The van der Waals surface area contributed by atoms with Crippen LogP contribution in [0.25, 0.3) is 11.4 Å². The monoisotopic (exact) mass is 366 g/mol. The van der Waals surface area contributed by atoms with Crippen molar-refractivity contribution >= 4 is 11.8 Å². The summed E-state index contributed by atoms with van der Waals surface area (Å²) in [5.74, 6) is 1.03. The van der Waals surface area contributed by atoms with Crippen LogP contribution in [0.2, 0.25) is 0 Å². The zero-order valence-electron chi connectivity index (χ0n) is 14.3. The maximum Gasteiger partial charge on any atom is 0.191 e. The lowest BCUT2D eigenvalue weighted by Gasteiger charge is -2.11. The average Bonchev–Trinajstić information content (AvgIpc) is 3.07. The zero-order valence-corrected chi connectivity index (χ0v) is 15.1. The van der Waals surface area contributed by atoms with E-state index in [0.717, 1.165) is 23.8 Å². The molecule has 6 heteroatoms. The van der Waals surface area contributed by atoms with Crippen molar-refractivity contribution in [3.8, 4) is 17.5 Å². The maximum atomic E-state index is 14.3. The minimum atomic E-state index is -0.304. The molecule has 0 atom stereocenters. The van der Waals surface area contributed by atoms with Crippen LogP contribution in [-0.4, -0.2) is 20.5 Å². The van der Waals surface area contributed by atoms with Gasteiger partial charge in [0, 0.05) is 18.7 Å². The van der Waals surface area contributed by atoms with Crippen LogP contribution in [0.4, 0.5) is 4.39 Å². The van der Waals surface area contributed by atoms with E-state index in [0.29, 0.717) is 24.4 Å². The Morgan fingerprint density at radius 1 is 1.04 bits per heavy atom. The number of rotatable bonds is 8. The molecule has 0 saturated heterocycles. The second-order valence-corrected chi connectivity index (χ2v) is 6.85. The van der Waals surface area contributed by atoms with Crippen molar-refractivity contribution in [2.75, 3.05) is 5.75 Å². The van der Waals surface area contributed by atoms with Gasteiger partial charge in [-0.25, -0.2) is 4.39 Å². The van der Waals surface area contributed by atoms with E-state index < -0.39 is 0 Å². The van der Waals surface area contributed by atoms with E-state index >= 15 is 0 Å². The molecule has 0 spiro atoms. The lowest BCUT2D eigenvalue weighted by Crippen LogP contribution is -2.06.